The normalized spacial score (nSPS) is 28.3. The average molecular weight is 421 g/mol. The third kappa shape index (κ3) is 4.16. The van der Waals surface area contributed by atoms with Crippen LogP contribution in [0.5, 0.6) is 0 Å². The van der Waals surface area contributed by atoms with Gasteiger partial charge in [0, 0.05) is 0 Å². The summed E-state index contributed by atoms with van der Waals surface area (Å²) in [4.78, 5) is 0. The molecule has 0 aromatic heterocycles. The zero-order valence-electron chi connectivity index (χ0n) is 16.9. The Morgan fingerprint density at radius 1 is 0.897 bits per heavy atom. The Morgan fingerprint density at radius 3 is 1.83 bits per heavy atom. The summed E-state index contributed by atoms with van der Waals surface area (Å²) in [6, 6.07) is 19.8. The Labute approximate surface area is 171 Å². The molecule has 3 N–H and O–H groups in total. The molecule has 3 rings (SSSR count). The Bertz CT molecular complexity index is 743. The fourth-order valence-corrected chi connectivity index (χ4v) is 8.58. The summed E-state index contributed by atoms with van der Waals surface area (Å²) in [5.41, 5.74) is 0. The molecule has 29 heavy (non-hydrogen) atoms. The molecule has 5 atom stereocenters. The Balaban J connectivity index is 2.00. The molecule has 158 valence electrons. The van der Waals surface area contributed by atoms with Gasteiger partial charge in [-0.3, -0.25) is 0 Å². The summed E-state index contributed by atoms with van der Waals surface area (Å²) in [5.74, 6) is 0. The minimum atomic E-state index is -2.90. The number of halogens is 1. The molecule has 0 saturated carbocycles. The molecule has 1 aliphatic heterocycles. The Morgan fingerprint density at radius 2 is 1.38 bits per heavy atom. The highest BCUT2D eigenvalue weighted by molar-refractivity contribution is 6.99. The standard InChI is InChI=1S/C22H29FO5Si/c1-22(2,3)29(15-10-6-4-7-11-15,16-12-8-5-9-13-16)27-14-17-18(23)19(24)20(25)21(26)28-17/h4-13,17-21,24-26H,14H2,1-3H3/t17-,18-,19+,20-,21+/m1/s1. The van der Waals surface area contributed by atoms with E-state index in [0.29, 0.717) is 0 Å². The van der Waals surface area contributed by atoms with Gasteiger partial charge in [0.05, 0.1) is 6.61 Å². The Kier molecular flexibility index (Phi) is 6.57. The molecule has 0 radical (unpaired) electrons. The zero-order chi connectivity index (χ0) is 21.2. The van der Waals surface area contributed by atoms with Crippen molar-refractivity contribution in [2.24, 2.45) is 0 Å². The molecule has 1 saturated heterocycles. The molecule has 0 spiro atoms. The number of ether oxygens (including phenoxy) is 1. The van der Waals surface area contributed by atoms with Gasteiger partial charge in [0.25, 0.3) is 8.32 Å². The molecule has 2 aromatic carbocycles. The molecule has 0 aliphatic carbocycles. The van der Waals surface area contributed by atoms with Crippen LogP contribution in [-0.4, -0.2) is 61.0 Å². The molecular formula is C22H29FO5Si. The lowest BCUT2D eigenvalue weighted by atomic mass is 10.0. The molecule has 1 fully saturated rings. The van der Waals surface area contributed by atoms with E-state index in [4.69, 9.17) is 9.16 Å². The lowest BCUT2D eigenvalue weighted by molar-refractivity contribution is -0.274. The summed E-state index contributed by atoms with van der Waals surface area (Å²) >= 11 is 0. The Hall–Kier alpha value is -1.61. The molecule has 0 bridgehead atoms. The monoisotopic (exact) mass is 420 g/mol. The maximum Gasteiger partial charge on any atom is 0.261 e. The van der Waals surface area contributed by atoms with Crippen LogP contribution in [0.1, 0.15) is 20.8 Å². The van der Waals surface area contributed by atoms with Crippen LogP contribution in [0.2, 0.25) is 5.04 Å². The first-order valence-electron chi connectivity index (χ1n) is 9.77. The van der Waals surface area contributed by atoms with E-state index in [0.717, 1.165) is 10.4 Å². The van der Waals surface area contributed by atoms with Crippen molar-refractivity contribution in [2.75, 3.05) is 6.61 Å². The van der Waals surface area contributed by atoms with Crippen molar-refractivity contribution in [3.63, 3.8) is 0 Å². The van der Waals surface area contributed by atoms with Gasteiger partial charge in [-0.25, -0.2) is 4.39 Å². The SMILES string of the molecule is CC(C)(C)[Si](OC[C@H]1O[C@H](O)[C@H](O)[C@@H](O)[C@@H]1F)(c1ccccc1)c1ccccc1. The zero-order valence-corrected chi connectivity index (χ0v) is 17.9. The quantitative estimate of drug-likeness (QED) is 0.637. The minimum absolute atomic E-state index is 0.157. The van der Waals surface area contributed by atoms with E-state index in [-0.39, 0.29) is 11.6 Å². The van der Waals surface area contributed by atoms with Crippen molar-refractivity contribution in [1.82, 2.24) is 0 Å². The predicted octanol–water partition coefficient (Wildman–Crippen LogP) is 1.34. The van der Waals surface area contributed by atoms with E-state index in [9.17, 15) is 19.7 Å². The number of hydrogen-bond donors (Lipinski definition) is 3. The number of aliphatic hydroxyl groups excluding tert-OH is 3. The number of aliphatic hydroxyl groups is 3. The second kappa shape index (κ2) is 8.63. The smallest absolute Gasteiger partial charge is 0.261 e. The molecule has 0 amide bonds. The van der Waals surface area contributed by atoms with E-state index in [1.165, 1.54) is 0 Å². The fraction of sp³-hybridized carbons (Fsp3) is 0.455. The van der Waals surface area contributed by atoms with Crippen LogP contribution in [0.25, 0.3) is 0 Å². The molecule has 1 aliphatic rings. The lowest BCUT2D eigenvalue weighted by Crippen LogP contribution is -2.68. The van der Waals surface area contributed by atoms with Gasteiger partial charge in [-0.15, -0.1) is 0 Å². The second-order valence-electron chi connectivity index (χ2n) is 8.46. The van der Waals surface area contributed by atoms with Gasteiger partial charge >= 0.3 is 0 Å². The largest absolute Gasteiger partial charge is 0.405 e. The van der Waals surface area contributed by atoms with Crippen molar-refractivity contribution >= 4 is 18.7 Å². The predicted molar refractivity (Wildman–Crippen MR) is 111 cm³/mol. The average Bonchev–Trinajstić information content (AvgIpc) is 2.71. The van der Waals surface area contributed by atoms with E-state index >= 15 is 0 Å². The van der Waals surface area contributed by atoms with Crippen LogP contribution in [0.4, 0.5) is 4.39 Å². The lowest BCUT2D eigenvalue weighted by Gasteiger charge is -2.45. The highest BCUT2D eigenvalue weighted by Crippen LogP contribution is 2.37. The summed E-state index contributed by atoms with van der Waals surface area (Å²) in [5, 5.41) is 31.1. The molecule has 2 aromatic rings. The molecular weight excluding hydrogens is 391 g/mol. The highest BCUT2D eigenvalue weighted by atomic mass is 28.4. The van der Waals surface area contributed by atoms with Crippen molar-refractivity contribution in [3.8, 4) is 0 Å². The van der Waals surface area contributed by atoms with Crippen LogP contribution >= 0.6 is 0 Å². The van der Waals surface area contributed by atoms with Gasteiger partial charge in [-0.2, -0.15) is 0 Å². The summed E-state index contributed by atoms with van der Waals surface area (Å²) in [7, 11) is -2.90. The molecule has 0 unspecified atom stereocenters. The third-order valence-electron chi connectivity index (χ3n) is 5.52. The molecule has 1 heterocycles. The molecule has 5 nitrogen and oxygen atoms in total. The first-order chi connectivity index (χ1) is 13.7. The van der Waals surface area contributed by atoms with Gasteiger partial charge < -0.3 is 24.5 Å². The first kappa shape index (κ1) is 22.1. The van der Waals surface area contributed by atoms with E-state index in [1.807, 2.05) is 60.7 Å². The summed E-state index contributed by atoms with van der Waals surface area (Å²) < 4.78 is 26.4. The van der Waals surface area contributed by atoms with Gasteiger partial charge in [-0.05, 0) is 15.4 Å². The highest BCUT2D eigenvalue weighted by Gasteiger charge is 2.52. The topological polar surface area (TPSA) is 79.2 Å². The van der Waals surface area contributed by atoms with E-state index in [1.54, 1.807) is 0 Å². The van der Waals surface area contributed by atoms with Crippen molar-refractivity contribution < 1.29 is 28.9 Å². The third-order valence-corrected chi connectivity index (χ3v) is 10.5. The van der Waals surface area contributed by atoms with Gasteiger partial charge in [0.2, 0.25) is 0 Å². The second-order valence-corrected chi connectivity index (χ2v) is 12.8. The maximum atomic E-state index is 14.6. The summed E-state index contributed by atoms with van der Waals surface area (Å²) in [6.45, 7) is 6.14. The number of hydrogen-bond acceptors (Lipinski definition) is 5. The number of rotatable bonds is 5. The van der Waals surface area contributed by atoms with Crippen molar-refractivity contribution in [3.05, 3.63) is 60.7 Å². The first-order valence-corrected chi connectivity index (χ1v) is 11.7. The van der Waals surface area contributed by atoms with Gasteiger partial charge in [0.1, 0.15) is 18.3 Å². The van der Waals surface area contributed by atoms with Crippen molar-refractivity contribution in [2.45, 2.75) is 56.6 Å². The van der Waals surface area contributed by atoms with Gasteiger partial charge in [0.15, 0.2) is 12.5 Å². The van der Waals surface area contributed by atoms with E-state index in [2.05, 4.69) is 20.8 Å². The van der Waals surface area contributed by atoms with Crippen LogP contribution in [0.3, 0.4) is 0 Å². The summed E-state index contributed by atoms with van der Waals surface area (Å²) in [6.07, 6.45) is -8.14. The molecule has 7 heteroatoms. The van der Waals surface area contributed by atoms with Crippen LogP contribution < -0.4 is 10.4 Å². The van der Waals surface area contributed by atoms with Crippen LogP contribution in [0.15, 0.2) is 60.7 Å². The van der Waals surface area contributed by atoms with Crippen molar-refractivity contribution in [1.29, 1.82) is 0 Å². The maximum absolute atomic E-state index is 14.6. The van der Waals surface area contributed by atoms with Gasteiger partial charge in [-0.1, -0.05) is 81.4 Å². The number of alkyl halides is 1. The van der Waals surface area contributed by atoms with Crippen LogP contribution in [0, 0.1) is 0 Å². The fourth-order valence-electron chi connectivity index (χ4n) is 4.01. The van der Waals surface area contributed by atoms with E-state index < -0.39 is 39.1 Å². The minimum Gasteiger partial charge on any atom is -0.405 e. The number of benzene rings is 2. The van der Waals surface area contributed by atoms with Crippen LogP contribution in [-0.2, 0) is 9.16 Å².